The van der Waals surface area contributed by atoms with Crippen molar-refractivity contribution in [3.05, 3.63) is 0 Å². The van der Waals surface area contributed by atoms with Crippen LogP contribution in [0.4, 0.5) is 0 Å². The van der Waals surface area contributed by atoms with E-state index in [0.717, 1.165) is 19.4 Å². The summed E-state index contributed by atoms with van der Waals surface area (Å²) in [5.74, 6) is -0.0691. The number of carbonyl (C=O) groups is 1. The maximum absolute atomic E-state index is 11.4. The van der Waals surface area contributed by atoms with Crippen molar-refractivity contribution in [2.45, 2.75) is 45.3 Å². The van der Waals surface area contributed by atoms with E-state index in [1.165, 1.54) is 0 Å². The number of carbonyl (C=O) groups excluding carboxylic acids is 1. The Hall–Kier alpha value is -0.610. The second-order valence-electron chi connectivity index (χ2n) is 4.54. The van der Waals surface area contributed by atoms with Gasteiger partial charge in [-0.05, 0) is 33.6 Å². The average Bonchev–Trinajstić information content (AvgIpc) is 2.60. The van der Waals surface area contributed by atoms with E-state index in [2.05, 4.69) is 5.32 Å². The highest BCUT2D eigenvalue weighted by Gasteiger charge is 2.29. The lowest BCUT2D eigenvalue weighted by Crippen LogP contribution is -2.41. The van der Waals surface area contributed by atoms with Gasteiger partial charge in [0.05, 0.1) is 11.7 Å². The van der Waals surface area contributed by atoms with E-state index in [1.54, 1.807) is 0 Å². The third kappa shape index (κ3) is 4.62. The highest BCUT2D eigenvalue weighted by Crippen LogP contribution is 2.23. The summed E-state index contributed by atoms with van der Waals surface area (Å²) in [6.45, 7) is 7.36. The molecule has 0 bridgehead atoms. The van der Waals surface area contributed by atoms with Crippen molar-refractivity contribution < 1.29 is 14.3 Å². The van der Waals surface area contributed by atoms with Crippen molar-refractivity contribution in [2.75, 3.05) is 19.8 Å². The molecular weight excluding hydrogens is 194 g/mol. The molecule has 1 amide bonds. The molecule has 0 radical (unpaired) electrons. The van der Waals surface area contributed by atoms with Crippen molar-refractivity contribution in [3.63, 3.8) is 0 Å². The molecule has 1 atom stereocenters. The van der Waals surface area contributed by atoms with E-state index in [9.17, 15) is 4.79 Å². The number of nitrogens with one attached hydrogen (secondary N) is 1. The van der Waals surface area contributed by atoms with Crippen molar-refractivity contribution in [1.82, 2.24) is 5.32 Å². The van der Waals surface area contributed by atoms with E-state index >= 15 is 0 Å². The molecule has 1 saturated heterocycles. The summed E-state index contributed by atoms with van der Waals surface area (Å²) in [4.78, 5) is 11.4. The topological polar surface area (TPSA) is 47.6 Å². The van der Waals surface area contributed by atoms with Gasteiger partial charge in [0.2, 0.25) is 5.91 Å². The first-order valence-corrected chi connectivity index (χ1v) is 5.54. The minimum absolute atomic E-state index is 0.0691. The smallest absolute Gasteiger partial charge is 0.246 e. The first kappa shape index (κ1) is 12.5. The Labute approximate surface area is 91.3 Å². The van der Waals surface area contributed by atoms with Crippen LogP contribution in [0.15, 0.2) is 0 Å². The van der Waals surface area contributed by atoms with Gasteiger partial charge in [-0.2, -0.15) is 0 Å². The van der Waals surface area contributed by atoms with Crippen LogP contribution < -0.4 is 5.32 Å². The first-order chi connectivity index (χ1) is 7.02. The Balaban J connectivity index is 2.16. The molecule has 1 aliphatic rings. The lowest BCUT2D eigenvalue weighted by molar-refractivity contribution is -0.128. The van der Waals surface area contributed by atoms with Gasteiger partial charge >= 0.3 is 0 Å². The van der Waals surface area contributed by atoms with Crippen LogP contribution in [0, 0.1) is 0 Å². The number of amides is 1. The Morgan fingerprint density at radius 1 is 1.60 bits per heavy atom. The third-order valence-electron chi connectivity index (χ3n) is 2.51. The minimum Gasteiger partial charge on any atom is -0.373 e. The molecule has 0 aromatic carbocycles. The van der Waals surface area contributed by atoms with E-state index in [4.69, 9.17) is 9.47 Å². The van der Waals surface area contributed by atoms with Gasteiger partial charge in [0.25, 0.3) is 0 Å². The van der Waals surface area contributed by atoms with E-state index in [1.807, 2.05) is 20.8 Å². The van der Waals surface area contributed by atoms with Crippen molar-refractivity contribution in [3.8, 4) is 0 Å². The van der Waals surface area contributed by atoms with E-state index in [-0.39, 0.29) is 24.2 Å². The van der Waals surface area contributed by atoms with Crippen LogP contribution in [0.25, 0.3) is 0 Å². The summed E-state index contributed by atoms with van der Waals surface area (Å²) < 4.78 is 10.8. The van der Waals surface area contributed by atoms with Crippen molar-refractivity contribution >= 4 is 5.91 Å². The zero-order chi connectivity index (χ0) is 11.3. The summed E-state index contributed by atoms with van der Waals surface area (Å²) in [5.41, 5.74) is -0.173. The normalized spacial score (nSPS) is 25.9. The van der Waals surface area contributed by atoms with Gasteiger partial charge in [-0.15, -0.1) is 0 Å². The van der Waals surface area contributed by atoms with Crippen LogP contribution in [-0.4, -0.2) is 37.4 Å². The van der Waals surface area contributed by atoms with Gasteiger partial charge in [-0.3, -0.25) is 4.79 Å². The maximum Gasteiger partial charge on any atom is 0.246 e. The SMILES string of the molecule is CC(C)OCC(=O)NCC1(C)CCCO1. The number of ether oxygens (including phenoxy) is 2. The Morgan fingerprint density at radius 3 is 2.87 bits per heavy atom. The summed E-state index contributed by atoms with van der Waals surface area (Å²) in [6, 6.07) is 0. The molecule has 15 heavy (non-hydrogen) atoms. The van der Waals surface area contributed by atoms with Crippen LogP contribution in [0.2, 0.25) is 0 Å². The lowest BCUT2D eigenvalue weighted by Gasteiger charge is -2.23. The highest BCUT2D eigenvalue weighted by atomic mass is 16.5. The second kappa shape index (κ2) is 5.47. The molecule has 1 N–H and O–H groups in total. The third-order valence-corrected chi connectivity index (χ3v) is 2.51. The molecule has 0 spiro atoms. The zero-order valence-corrected chi connectivity index (χ0v) is 9.84. The predicted molar refractivity (Wildman–Crippen MR) is 57.7 cm³/mol. The Morgan fingerprint density at radius 2 is 2.33 bits per heavy atom. The first-order valence-electron chi connectivity index (χ1n) is 5.54. The van der Waals surface area contributed by atoms with Crippen LogP contribution >= 0.6 is 0 Å². The van der Waals surface area contributed by atoms with E-state index < -0.39 is 0 Å². The van der Waals surface area contributed by atoms with E-state index in [0.29, 0.717) is 6.54 Å². The molecule has 0 saturated carbocycles. The number of hydrogen-bond donors (Lipinski definition) is 1. The second-order valence-corrected chi connectivity index (χ2v) is 4.54. The monoisotopic (exact) mass is 215 g/mol. The van der Waals surface area contributed by atoms with Crippen LogP contribution in [0.1, 0.15) is 33.6 Å². The standard InChI is InChI=1S/C11H21NO3/c1-9(2)14-7-10(13)12-8-11(3)5-4-6-15-11/h9H,4-8H2,1-3H3,(H,12,13). The van der Waals surface area contributed by atoms with Gasteiger partial charge in [0, 0.05) is 13.2 Å². The van der Waals surface area contributed by atoms with Gasteiger partial charge in [-0.25, -0.2) is 0 Å². The molecule has 0 aromatic heterocycles. The molecule has 1 rings (SSSR count). The van der Waals surface area contributed by atoms with Gasteiger partial charge in [-0.1, -0.05) is 0 Å². The van der Waals surface area contributed by atoms with Gasteiger partial charge in [0.1, 0.15) is 6.61 Å². The summed E-state index contributed by atoms with van der Waals surface area (Å²) in [6.07, 6.45) is 2.18. The summed E-state index contributed by atoms with van der Waals surface area (Å²) >= 11 is 0. The van der Waals surface area contributed by atoms with Crippen LogP contribution in [-0.2, 0) is 14.3 Å². The molecule has 4 heteroatoms. The number of hydrogen-bond acceptors (Lipinski definition) is 3. The summed E-state index contributed by atoms with van der Waals surface area (Å²) in [7, 11) is 0. The molecule has 0 aromatic rings. The van der Waals surface area contributed by atoms with Crippen molar-refractivity contribution in [1.29, 1.82) is 0 Å². The molecule has 1 aliphatic heterocycles. The zero-order valence-electron chi connectivity index (χ0n) is 9.84. The lowest BCUT2D eigenvalue weighted by atomic mass is 10.0. The predicted octanol–water partition coefficient (Wildman–Crippen LogP) is 1.10. The Bertz CT molecular complexity index is 210. The van der Waals surface area contributed by atoms with Gasteiger partial charge in [0.15, 0.2) is 0 Å². The van der Waals surface area contributed by atoms with Gasteiger partial charge < -0.3 is 14.8 Å². The quantitative estimate of drug-likeness (QED) is 0.747. The minimum atomic E-state index is -0.173. The van der Waals surface area contributed by atoms with Crippen LogP contribution in [0.5, 0.6) is 0 Å². The Kier molecular flexibility index (Phi) is 4.54. The largest absolute Gasteiger partial charge is 0.373 e. The molecular formula is C11H21NO3. The summed E-state index contributed by atoms with van der Waals surface area (Å²) in [5, 5.41) is 2.83. The number of rotatable bonds is 5. The fraction of sp³-hybridized carbons (Fsp3) is 0.909. The molecule has 1 unspecified atom stereocenters. The molecule has 1 heterocycles. The fourth-order valence-corrected chi connectivity index (χ4v) is 1.56. The molecule has 1 fully saturated rings. The van der Waals surface area contributed by atoms with Crippen molar-refractivity contribution in [2.24, 2.45) is 0 Å². The molecule has 88 valence electrons. The maximum atomic E-state index is 11.4. The van der Waals surface area contributed by atoms with Crippen LogP contribution in [0.3, 0.4) is 0 Å². The average molecular weight is 215 g/mol. The molecule has 0 aliphatic carbocycles. The molecule has 4 nitrogen and oxygen atoms in total. The highest BCUT2D eigenvalue weighted by molar-refractivity contribution is 5.77. The fourth-order valence-electron chi connectivity index (χ4n) is 1.56.